The lowest BCUT2D eigenvalue weighted by Gasteiger charge is -2.66. The highest BCUT2D eigenvalue weighted by Crippen LogP contribution is 2.64. The average Bonchev–Trinajstić information content (AvgIpc) is 2.41. The lowest BCUT2D eigenvalue weighted by molar-refractivity contribution is -0.342. The van der Waals surface area contributed by atoms with Crippen LogP contribution in [-0.2, 0) is 15.1 Å². The molecule has 20 heavy (non-hydrogen) atoms. The first-order valence-electron chi connectivity index (χ1n) is 6.88. The van der Waals surface area contributed by atoms with E-state index in [1.807, 2.05) is 30.3 Å². The molecule has 1 aromatic rings. The van der Waals surface area contributed by atoms with Crippen LogP contribution < -0.4 is 0 Å². The summed E-state index contributed by atoms with van der Waals surface area (Å²) in [5.74, 6) is 0.296. The Balaban J connectivity index is 2.26. The van der Waals surface area contributed by atoms with Gasteiger partial charge in [0.15, 0.2) is 5.76 Å². The Labute approximate surface area is 119 Å². The van der Waals surface area contributed by atoms with Crippen molar-refractivity contribution < 1.29 is 14.3 Å². The number of carbonyl (C=O) groups excluding carboxylic acids is 1. The van der Waals surface area contributed by atoms with Crippen molar-refractivity contribution in [3.8, 4) is 0 Å². The monoisotopic (exact) mass is 272 g/mol. The van der Waals surface area contributed by atoms with Gasteiger partial charge in [-0.25, -0.2) is 0 Å². The molecule has 1 atom stereocenters. The molecule has 0 saturated carbocycles. The maximum atomic E-state index is 12.4. The second-order valence-electron chi connectivity index (χ2n) is 6.56. The van der Waals surface area contributed by atoms with Gasteiger partial charge in [0.1, 0.15) is 5.60 Å². The van der Waals surface area contributed by atoms with Gasteiger partial charge in [0.05, 0.1) is 12.7 Å². The lowest BCUT2D eigenvalue weighted by Crippen LogP contribution is -2.69. The van der Waals surface area contributed by atoms with Crippen LogP contribution >= 0.6 is 0 Å². The van der Waals surface area contributed by atoms with E-state index in [1.54, 1.807) is 0 Å². The summed E-state index contributed by atoms with van der Waals surface area (Å²) in [6.07, 6.45) is 1.85. The van der Waals surface area contributed by atoms with Gasteiger partial charge in [-0.1, -0.05) is 38.1 Å². The van der Waals surface area contributed by atoms with E-state index in [0.29, 0.717) is 11.3 Å². The first kappa shape index (κ1) is 13.4. The fraction of sp³-hybridized carbons (Fsp3) is 0.471. The molecular weight excluding hydrogens is 252 g/mol. The standard InChI is InChI=1S/C17H20O3/c1-15(2)16(3,4)20-17(15)10-13(19-5)14(18)11-8-6-7-9-12(11)17/h6-10H,1-5H3. The number of ketones is 1. The molecule has 0 amide bonds. The predicted molar refractivity (Wildman–Crippen MR) is 76.5 cm³/mol. The quantitative estimate of drug-likeness (QED) is 0.785. The largest absolute Gasteiger partial charge is 0.493 e. The van der Waals surface area contributed by atoms with Crippen molar-refractivity contribution in [3.63, 3.8) is 0 Å². The van der Waals surface area contributed by atoms with E-state index in [-0.39, 0.29) is 16.8 Å². The summed E-state index contributed by atoms with van der Waals surface area (Å²) in [7, 11) is 1.53. The molecule has 3 heteroatoms. The summed E-state index contributed by atoms with van der Waals surface area (Å²) in [6.45, 7) is 8.51. The molecule has 0 N–H and O–H groups in total. The fourth-order valence-electron chi connectivity index (χ4n) is 3.28. The molecule has 3 rings (SSSR count). The van der Waals surface area contributed by atoms with E-state index in [4.69, 9.17) is 9.47 Å². The Morgan fingerprint density at radius 2 is 1.75 bits per heavy atom. The lowest BCUT2D eigenvalue weighted by atomic mass is 9.54. The molecule has 1 aromatic carbocycles. The minimum absolute atomic E-state index is 0.0715. The van der Waals surface area contributed by atoms with Crippen molar-refractivity contribution in [2.45, 2.75) is 38.9 Å². The van der Waals surface area contributed by atoms with Gasteiger partial charge in [-0.3, -0.25) is 4.79 Å². The predicted octanol–water partition coefficient (Wildman–Crippen LogP) is 3.44. The number of methoxy groups -OCH3 is 1. The maximum absolute atomic E-state index is 12.4. The van der Waals surface area contributed by atoms with E-state index in [1.165, 1.54) is 7.11 Å². The van der Waals surface area contributed by atoms with Crippen molar-refractivity contribution in [1.29, 1.82) is 0 Å². The normalized spacial score (nSPS) is 29.4. The molecule has 2 aliphatic rings. The molecule has 0 bridgehead atoms. The Morgan fingerprint density at radius 1 is 1.10 bits per heavy atom. The highest BCUT2D eigenvalue weighted by Gasteiger charge is 2.68. The second kappa shape index (κ2) is 3.73. The number of hydrogen-bond acceptors (Lipinski definition) is 3. The number of Topliss-reactive ketones (excluding diaryl/α,β-unsaturated/α-hetero) is 1. The van der Waals surface area contributed by atoms with E-state index in [2.05, 4.69) is 27.7 Å². The summed E-state index contributed by atoms with van der Waals surface area (Å²) in [4.78, 5) is 12.4. The van der Waals surface area contributed by atoms with Crippen LogP contribution in [0.3, 0.4) is 0 Å². The Bertz CT molecular complexity index is 625. The van der Waals surface area contributed by atoms with Crippen LogP contribution in [-0.4, -0.2) is 18.5 Å². The van der Waals surface area contributed by atoms with Crippen molar-refractivity contribution in [2.75, 3.05) is 7.11 Å². The topological polar surface area (TPSA) is 35.5 Å². The molecule has 1 unspecified atom stereocenters. The zero-order valence-corrected chi connectivity index (χ0v) is 12.6. The van der Waals surface area contributed by atoms with E-state index >= 15 is 0 Å². The minimum atomic E-state index is -0.591. The van der Waals surface area contributed by atoms with Crippen LogP contribution in [0.15, 0.2) is 36.1 Å². The fourth-order valence-corrected chi connectivity index (χ4v) is 3.28. The minimum Gasteiger partial charge on any atom is -0.493 e. The number of hydrogen-bond donors (Lipinski definition) is 0. The van der Waals surface area contributed by atoms with E-state index < -0.39 is 5.60 Å². The molecule has 1 aliphatic heterocycles. The molecular formula is C17H20O3. The summed E-state index contributed by atoms with van der Waals surface area (Å²) in [5.41, 5.74) is 0.633. The number of allylic oxidation sites excluding steroid dienone is 1. The summed E-state index contributed by atoms with van der Waals surface area (Å²) >= 11 is 0. The highest BCUT2D eigenvalue weighted by molar-refractivity contribution is 6.10. The van der Waals surface area contributed by atoms with Crippen molar-refractivity contribution in [1.82, 2.24) is 0 Å². The van der Waals surface area contributed by atoms with Crippen molar-refractivity contribution in [3.05, 3.63) is 47.2 Å². The number of carbonyl (C=O) groups is 1. The Hall–Kier alpha value is -1.61. The van der Waals surface area contributed by atoms with Gasteiger partial charge in [0.2, 0.25) is 5.78 Å². The van der Waals surface area contributed by atoms with Gasteiger partial charge in [-0.2, -0.15) is 0 Å². The second-order valence-corrected chi connectivity index (χ2v) is 6.56. The first-order chi connectivity index (χ1) is 9.27. The van der Waals surface area contributed by atoms with Crippen LogP contribution in [0.2, 0.25) is 0 Å². The van der Waals surface area contributed by atoms with Gasteiger partial charge >= 0.3 is 0 Å². The third-order valence-electron chi connectivity index (χ3n) is 5.20. The molecule has 0 radical (unpaired) electrons. The van der Waals surface area contributed by atoms with Crippen LogP contribution in [0, 0.1) is 5.41 Å². The maximum Gasteiger partial charge on any atom is 0.227 e. The van der Waals surface area contributed by atoms with E-state index in [0.717, 1.165) is 5.56 Å². The van der Waals surface area contributed by atoms with Crippen LogP contribution in [0.5, 0.6) is 0 Å². The number of fused-ring (bicyclic) bond motifs is 2. The summed E-state index contributed by atoms with van der Waals surface area (Å²) in [6, 6.07) is 7.65. The van der Waals surface area contributed by atoms with Gasteiger partial charge in [-0.15, -0.1) is 0 Å². The first-order valence-corrected chi connectivity index (χ1v) is 6.88. The molecule has 1 heterocycles. The number of rotatable bonds is 1. The van der Waals surface area contributed by atoms with Gasteiger partial charge in [-0.05, 0) is 25.5 Å². The van der Waals surface area contributed by atoms with Gasteiger partial charge < -0.3 is 9.47 Å². The summed E-state index contributed by atoms with van der Waals surface area (Å²) < 4.78 is 11.6. The molecule has 0 aromatic heterocycles. The van der Waals surface area contributed by atoms with Crippen molar-refractivity contribution in [2.24, 2.45) is 5.41 Å². The number of ether oxygens (including phenoxy) is 2. The van der Waals surface area contributed by atoms with Crippen LogP contribution in [0.4, 0.5) is 0 Å². The molecule has 3 nitrogen and oxygen atoms in total. The molecule has 1 saturated heterocycles. The third kappa shape index (κ3) is 1.31. The molecule has 106 valence electrons. The number of benzene rings is 1. The van der Waals surface area contributed by atoms with Gasteiger partial charge in [0.25, 0.3) is 0 Å². The Morgan fingerprint density at radius 3 is 2.30 bits per heavy atom. The molecule has 1 aliphatic carbocycles. The smallest absolute Gasteiger partial charge is 0.227 e. The molecule has 1 fully saturated rings. The Kier molecular flexibility index (Phi) is 2.49. The SMILES string of the molecule is COC1=CC2(OC(C)(C)C2(C)C)c2ccccc2C1=O. The third-order valence-corrected chi connectivity index (χ3v) is 5.20. The van der Waals surface area contributed by atoms with Crippen molar-refractivity contribution >= 4 is 5.78 Å². The van der Waals surface area contributed by atoms with Gasteiger partial charge in [0, 0.05) is 11.0 Å². The average molecular weight is 272 g/mol. The van der Waals surface area contributed by atoms with Crippen LogP contribution in [0.1, 0.15) is 43.6 Å². The zero-order valence-electron chi connectivity index (χ0n) is 12.6. The zero-order chi connectivity index (χ0) is 14.8. The highest BCUT2D eigenvalue weighted by atomic mass is 16.6. The summed E-state index contributed by atoms with van der Waals surface area (Å²) in [5, 5.41) is 0. The molecule has 1 spiro atoms. The van der Waals surface area contributed by atoms with E-state index in [9.17, 15) is 4.79 Å². The van der Waals surface area contributed by atoms with Crippen LogP contribution in [0.25, 0.3) is 0 Å².